The van der Waals surface area contributed by atoms with Gasteiger partial charge in [-0.15, -0.1) is 0 Å². The summed E-state index contributed by atoms with van der Waals surface area (Å²) in [5.41, 5.74) is 13.3. The molecule has 2 atom stereocenters. The van der Waals surface area contributed by atoms with Crippen molar-refractivity contribution in [1.29, 1.82) is 0 Å². The lowest BCUT2D eigenvalue weighted by molar-refractivity contribution is 0.185. The van der Waals surface area contributed by atoms with Crippen molar-refractivity contribution in [3.63, 3.8) is 0 Å². The van der Waals surface area contributed by atoms with E-state index >= 15 is 0 Å². The Morgan fingerprint density at radius 1 is 1.28 bits per heavy atom. The highest BCUT2D eigenvalue weighted by Gasteiger charge is 2.46. The number of nitrogens with two attached hydrogens (primary N) is 2. The molecule has 29 heavy (non-hydrogen) atoms. The maximum absolute atomic E-state index is 13.5. The number of benzene rings is 1. The normalized spacial score (nSPS) is 23.7. The minimum Gasteiger partial charge on any atom is -0.383 e. The second kappa shape index (κ2) is 7.29. The van der Waals surface area contributed by atoms with Crippen molar-refractivity contribution < 1.29 is 4.39 Å². The molecule has 4 N–H and O–H groups in total. The molecule has 1 aromatic heterocycles. The maximum Gasteiger partial charge on any atom is 0.264 e. The number of hydrogen-bond donors (Lipinski definition) is 2. The fourth-order valence-corrected chi connectivity index (χ4v) is 5.19. The first-order chi connectivity index (χ1) is 13.7. The van der Waals surface area contributed by atoms with Gasteiger partial charge in [-0.05, 0) is 54.7 Å². The average molecular weight is 420 g/mol. The first-order valence-corrected chi connectivity index (χ1v) is 10.4. The van der Waals surface area contributed by atoms with Crippen molar-refractivity contribution in [1.82, 2.24) is 9.55 Å². The summed E-state index contributed by atoms with van der Waals surface area (Å²) in [5.74, 6) is 0.690. The Labute approximate surface area is 174 Å². The highest BCUT2D eigenvalue weighted by atomic mass is 35.5. The van der Waals surface area contributed by atoms with E-state index in [1.807, 2.05) is 0 Å². The zero-order chi connectivity index (χ0) is 20.9. The van der Waals surface area contributed by atoms with Gasteiger partial charge in [0.15, 0.2) is 0 Å². The number of aromatic nitrogens is 2. The minimum absolute atomic E-state index is 0.0588. The first-order valence-electron chi connectivity index (χ1n) is 10.1. The summed E-state index contributed by atoms with van der Waals surface area (Å²) >= 11 is 5.88. The first kappa shape index (κ1) is 20.2. The molecule has 4 rings (SSSR count). The van der Waals surface area contributed by atoms with E-state index < -0.39 is 5.82 Å². The van der Waals surface area contributed by atoms with Crippen LogP contribution in [-0.2, 0) is 7.05 Å². The molecule has 0 amide bonds. The molecular formula is C21H27ClFN5O. The van der Waals surface area contributed by atoms with Crippen LogP contribution in [0.15, 0.2) is 23.0 Å². The third-order valence-electron chi connectivity index (χ3n) is 6.96. The van der Waals surface area contributed by atoms with E-state index in [0.29, 0.717) is 17.4 Å². The summed E-state index contributed by atoms with van der Waals surface area (Å²) in [7, 11) is 1.69. The molecule has 8 heteroatoms. The van der Waals surface area contributed by atoms with E-state index in [1.165, 1.54) is 35.6 Å². The highest BCUT2D eigenvalue weighted by molar-refractivity contribution is 6.31. The molecule has 1 spiro atoms. The van der Waals surface area contributed by atoms with E-state index in [0.717, 1.165) is 25.9 Å². The van der Waals surface area contributed by atoms with E-state index in [2.05, 4.69) is 16.8 Å². The van der Waals surface area contributed by atoms with E-state index in [4.69, 9.17) is 23.1 Å². The third-order valence-corrected chi connectivity index (χ3v) is 7.25. The molecular weight excluding hydrogens is 393 g/mol. The predicted molar refractivity (Wildman–Crippen MR) is 115 cm³/mol. The topological polar surface area (TPSA) is 90.2 Å². The van der Waals surface area contributed by atoms with Crippen LogP contribution in [0.5, 0.6) is 0 Å². The summed E-state index contributed by atoms with van der Waals surface area (Å²) in [6, 6.07) is 4.35. The van der Waals surface area contributed by atoms with Gasteiger partial charge in [-0.25, -0.2) is 4.39 Å². The molecule has 0 radical (unpaired) electrons. The van der Waals surface area contributed by atoms with Crippen molar-refractivity contribution in [3.05, 3.63) is 39.4 Å². The summed E-state index contributed by atoms with van der Waals surface area (Å²) < 4.78 is 15.0. The summed E-state index contributed by atoms with van der Waals surface area (Å²) in [6.45, 7) is 3.82. The molecule has 0 unspecified atom stereocenters. The van der Waals surface area contributed by atoms with Crippen molar-refractivity contribution in [2.24, 2.45) is 24.1 Å². The van der Waals surface area contributed by atoms with Gasteiger partial charge in [0.2, 0.25) is 5.95 Å². The SMILES string of the molecule is C[C@@H]1CCC2(CCN(c3nc(N)c(-c4ccc(F)c(Cl)c4)c(=O)n3C)CC2)[C@@H]1N. The molecule has 156 valence electrons. The molecule has 2 fully saturated rings. The predicted octanol–water partition coefficient (Wildman–Crippen LogP) is 3.17. The fraction of sp³-hybridized carbons (Fsp3) is 0.524. The lowest BCUT2D eigenvalue weighted by Crippen LogP contribution is -2.49. The number of rotatable bonds is 2. The lowest BCUT2D eigenvalue weighted by atomic mass is 9.73. The van der Waals surface area contributed by atoms with Gasteiger partial charge in [0.25, 0.3) is 5.56 Å². The number of hydrogen-bond acceptors (Lipinski definition) is 5. The number of nitrogens with zero attached hydrogens (tertiary/aromatic N) is 3. The number of nitrogen functional groups attached to an aromatic ring is 1. The van der Waals surface area contributed by atoms with Gasteiger partial charge < -0.3 is 16.4 Å². The highest BCUT2D eigenvalue weighted by Crippen LogP contribution is 2.48. The van der Waals surface area contributed by atoms with Gasteiger partial charge in [0, 0.05) is 26.2 Å². The second-order valence-corrected chi connectivity index (χ2v) is 8.96. The van der Waals surface area contributed by atoms with Crippen LogP contribution in [-0.4, -0.2) is 28.7 Å². The Morgan fingerprint density at radius 3 is 2.55 bits per heavy atom. The number of anilines is 2. The standard InChI is InChI=1S/C21H27ClFN5O/c1-12-5-6-21(17(12)24)7-9-28(10-8-21)20-26-18(25)16(19(29)27(20)2)13-3-4-15(23)14(22)11-13/h3-4,11-12,17H,5-10,24-25H2,1-2H3/t12-,17-/m1/s1. The average Bonchev–Trinajstić information content (AvgIpc) is 2.97. The smallest absolute Gasteiger partial charge is 0.264 e. The monoisotopic (exact) mass is 419 g/mol. The zero-order valence-corrected chi connectivity index (χ0v) is 17.5. The van der Waals surface area contributed by atoms with Crippen LogP contribution >= 0.6 is 11.6 Å². The fourth-order valence-electron chi connectivity index (χ4n) is 5.01. The Kier molecular flexibility index (Phi) is 5.07. The molecule has 1 saturated carbocycles. The number of halogens is 2. The van der Waals surface area contributed by atoms with E-state index in [-0.39, 0.29) is 33.4 Å². The number of piperidine rings is 1. The zero-order valence-electron chi connectivity index (χ0n) is 16.8. The molecule has 1 saturated heterocycles. The van der Waals surface area contributed by atoms with Crippen molar-refractivity contribution in [3.8, 4) is 11.1 Å². The third kappa shape index (κ3) is 3.30. The summed E-state index contributed by atoms with van der Waals surface area (Å²) in [6.07, 6.45) is 4.33. The molecule has 2 heterocycles. The summed E-state index contributed by atoms with van der Waals surface area (Å²) in [5, 5.41) is -0.0588. The van der Waals surface area contributed by atoms with E-state index in [9.17, 15) is 9.18 Å². The summed E-state index contributed by atoms with van der Waals surface area (Å²) in [4.78, 5) is 19.7. The minimum atomic E-state index is -0.544. The van der Waals surface area contributed by atoms with Crippen LogP contribution in [0.25, 0.3) is 11.1 Å². The van der Waals surface area contributed by atoms with Crippen LogP contribution < -0.4 is 21.9 Å². The van der Waals surface area contributed by atoms with Gasteiger partial charge in [-0.2, -0.15) is 4.98 Å². The van der Waals surface area contributed by atoms with Crippen LogP contribution in [0.4, 0.5) is 16.2 Å². The maximum atomic E-state index is 13.5. The molecule has 1 aliphatic heterocycles. The molecule has 2 aliphatic rings. The van der Waals surface area contributed by atoms with Crippen LogP contribution in [0, 0.1) is 17.2 Å². The largest absolute Gasteiger partial charge is 0.383 e. The van der Waals surface area contributed by atoms with Crippen LogP contribution in [0.1, 0.15) is 32.6 Å². The van der Waals surface area contributed by atoms with E-state index in [1.54, 1.807) is 7.05 Å². The second-order valence-electron chi connectivity index (χ2n) is 8.56. The van der Waals surface area contributed by atoms with Gasteiger partial charge in [0.1, 0.15) is 11.6 Å². The van der Waals surface area contributed by atoms with Crippen LogP contribution in [0.3, 0.4) is 0 Å². The lowest BCUT2D eigenvalue weighted by Gasteiger charge is -2.43. The molecule has 0 bridgehead atoms. The van der Waals surface area contributed by atoms with Gasteiger partial charge in [-0.1, -0.05) is 24.6 Å². The van der Waals surface area contributed by atoms with Crippen molar-refractivity contribution >= 4 is 23.4 Å². The molecule has 2 aromatic rings. The van der Waals surface area contributed by atoms with Gasteiger partial charge in [-0.3, -0.25) is 9.36 Å². The van der Waals surface area contributed by atoms with Crippen molar-refractivity contribution in [2.45, 2.75) is 38.6 Å². The van der Waals surface area contributed by atoms with Gasteiger partial charge >= 0.3 is 0 Å². The van der Waals surface area contributed by atoms with Crippen molar-refractivity contribution in [2.75, 3.05) is 23.7 Å². The Hall–Kier alpha value is -2.12. The molecule has 1 aliphatic carbocycles. The molecule has 1 aromatic carbocycles. The van der Waals surface area contributed by atoms with Gasteiger partial charge in [0.05, 0.1) is 10.6 Å². The Morgan fingerprint density at radius 2 is 1.97 bits per heavy atom. The van der Waals surface area contributed by atoms with Crippen LogP contribution in [0.2, 0.25) is 5.02 Å². The quantitative estimate of drug-likeness (QED) is 0.780. The Balaban J connectivity index is 1.63. The molecule has 6 nitrogen and oxygen atoms in total. The Bertz CT molecular complexity index is 999.